The molecule has 0 aliphatic rings. The lowest BCUT2D eigenvalue weighted by atomic mass is 10.2. The summed E-state index contributed by atoms with van der Waals surface area (Å²) in [6, 6.07) is 5.53. The van der Waals surface area contributed by atoms with Gasteiger partial charge in [0, 0.05) is 6.42 Å². The molecule has 0 atom stereocenters. The van der Waals surface area contributed by atoms with Crippen LogP contribution in [-0.2, 0) is 9.90 Å². The molecule has 0 amide bonds. The zero-order valence-corrected chi connectivity index (χ0v) is 8.36. The van der Waals surface area contributed by atoms with Crippen molar-refractivity contribution in [2.24, 2.45) is 0 Å². The van der Waals surface area contributed by atoms with Crippen molar-refractivity contribution in [3.8, 4) is 5.75 Å². The third-order valence-electron chi connectivity index (χ3n) is 1.78. The molecule has 4 heteroatoms. The summed E-state index contributed by atoms with van der Waals surface area (Å²) in [6.07, 6.45) is 1.07. The van der Waals surface area contributed by atoms with Gasteiger partial charge in [-0.1, -0.05) is 6.92 Å². The van der Waals surface area contributed by atoms with Crippen LogP contribution in [0.2, 0.25) is 0 Å². The van der Waals surface area contributed by atoms with E-state index in [4.69, 9.17) is 4.74 Å². The summed E-state index contributed by atoms with van der Waals surface area (Å²) in [5, 5.41) is 10.4. The van der Waals surface area contributed by atoms with Crippen LogP contribution in [-0.4, -0.2) is 11.9 Å². The van der Waals surface area contributed by atoms with Crippen LogP contribution in [0.3, 0.4) is 0 Å². The van der Waals surface area contributed by atoms with E-state index >= 15 is 0 Å². The Bertz CT molecular complexity index is 353. The lowest BCUT2D eigenvalue weighted by Gasteiger charge is -2.02. The molecule has 0 aromatic heterocycles. The smallest absolute Gasteiger partial charge is 0.386 e. The van der Waals surface area contributed by atoms with Gasteiger partial charge in [-0.05, 0) is 30.7 Å². The Morgan fingerprint density at radius 3 is 2.27 bits per heavy atom. The summed E-state index contributed by atoms with van der Waals surface area (Å²) in [6.45, 7) is 1.88. The molecule has 0 saturated heterocycles. The molecule has 0 bridgehead atoms. The first-order valence-corrected chi connectivity index (χ1v) is 4.65. The summed E-state index contributed by atoms with van der Waals surface area (Å²) >= 11 is 0. The Hall–Kier alpha value is -1.84. The van der Waals surface area contributed by atoms with Crippen LogP contribution in [0.5, 0.6) is 5.75 Å². The first kappa shape index (κ1) is 11.2. The molecule has 0 saturated carbocycles. The Kier molecular flexibility index (Phi) is 3.85. The van der Waals surface area contributed by atoms with Gasteiger partial charge in [-0.15, -0.1) is 0 Å². The zero-order chi connectivity index (χ0) is 11.3. The summed E-state index contributed by atoms with van der Waals surface area (Å²) < 4.78 is 4.94. The largest absolute Gasteiger partial charge is 0.427 e. The van der Waals surface area contributed by atoms with Crippen molar-refractivity contribution in [3.63, 3.8) is 0 Å². The van der Waals surface area contributed by atoms with Crippen LogP contribution in [0, 0.1) is 0 Å². The quantitative estimate of drug-likeness (QED) is 0.560. The van der Waals surface area contributed by atoms with E-state index in [1.807, 2.05) is 6.92 Å². The monoisotopic (exact) mass is 207 g/mol. The van der Waals surface area contributed by atoms with Gasteiger partial charge < -0.3 is 4.74 Å². The Labute approximate surface area is 87.5 Å². The maximum Gasteiger partial charge on any atom is 0.386 e. The molecule has 0 spiro atoms. The fourth-order valence-corrected chi connectivity index (χ4v) is 1.05. The molecule has 0 fully saturated rings. The number of carbonyl (C=O) groups excluding carboxylic acids is 2. The van der Waals surface area contributed by atoms with Gasteiger partial charge in [0.2, 0.25) is 0 Å². The van der Waals surface area contributed by atoms with Crippen LogP contribution in [0.1, 0.15) is 30.1 Å². The van der Waals surface area contributed by atoms with Crippen molar-refractivity contribution in [2.75, 3.05) is 0 Å². The topological polar surface area (TPSA) is 63.3 Å². The van der Waals surface area contributed by atoms with Gasteiger partial charge in [-0.25, -0.2) is 9.90 Å². The van der Waals surface area contributed by atoms with Crippen molar-refractivity contribution in [1.82, 2.24) is 0 Å². The molecule has 1 aromatic carbocycles. The SMILES string of the molecule is CCCC(=O)Oc1ccc(C([O])=O)cc1. The van der Waals surface area contributed by atoms with Crippen LogP contribution >= 0.6 is 0 Å². The molecule has 1 radical (unpaired) electrons. The minimum absolute atomic E-state index is 0.0605. The van der Waals surface area contributed by atoms with Crippen molar-refractivity contribution in [2.45, 2.75) is 19.8 Å². The summed E-state index contributed by atoms with van der Waals surface area (Å²) in [4.78, 5) is 21.5. The Balaban J connectivity index is 2.64. The van der Waals surface area contributed by atoms with Crippen LogP contribution in [0.15, 0.2) is 24.3 Å². The molecule has 15 heavy (non-hydrogen) atoms. The average molecular weight is 207 g/mol. The van der Waals surface area contributed by atoms with Crippen molar-refractivity contribution >= 4 is 11.9 Å². The van der Waals surface area contributed by atoms with E-state index in [1.165, 1.54) is 24.3 Å². The minimum atomic E-state index is -1.25. The lowest BCUT2D eigenvalue weighted by molar-refractivity contribution is -0.134. The third-order valence-corrected chi connectivity index (χ3v) is 1.78. The van der Waals surface area contributed by atoms with E-state index in [2.05, 4.69) is 0 Å². The molecular formula is C11H11O4. The van der Waals surface area contributed by atoms with E-state index in [1.54, 1.807) is 0 Å². The minimum Gasteiger partial charge on any atom is -0.427 e. The van der Waals surface area contributed by atoms with Crippen LogP contribution in [0.4, 0.5) is 0 Å². The van der Waals surface area contributed by atoms with Gasteiger partial charge in [-0.3, -0.25) is 4.79 Å². The molecule has 1 rings (SSSR count). The van der Waals surface area contributed by atoms with Crippen molar-refractivity contribution in [3.05, 3.63) is 29.8 Å². The van der Waals surface area contributed by atoms with E-state index in [9.17, 15) is 14.7 Å². The normalized spacial score (nSPS) is 9.67. The number of rotatable bonds is 4. The molecule has 1 aromatic rings. The first-order chi connectivity index (χ1) is 7.13. The fraction of sp³-hybridized carbons (Fsp3) is 0.273. The maximum atomic E-state index is 11.1. The molecule has 79 valence electrons. The maximum absolute atomic E-state index is 11.1. The number of benzene rings is 1. The van der Waals surface area contributed by atoms with Gasteiger partial charge in [-0.2, -0.15) is 0 Å². The second-order valence-electron chi connectivity index (χ2n) is 3.04. The molecule has 4 nitrogen and oxygen atoms in total. The van der Waals surface area contributed by atoms with Gasteiger partial charge in [0.15, 0.2) is 0 Å². The number of hydrogen-bond donors (Lipinski definition) is 0. The highest BCUT2D eigenvalue weighted by atomic mass is 16.5. The van der Waals surface area contributed by atoms with E-state index < -0.39 is 5.97 Å². The number of ether oxygens (including phenoxy) is 1. The van der Waals surface area contributed by atoms with Gasteiger partial charge in [0.1, 0.15) is 5.75 Å². The summed E-state index contributed by atoms with van der Waals surface area (Å²) in [5.41, 5.74) is 0.0605. The molecule has 0 heterocycles. The lowest BCUT2D eigenvalue weighted by Crippen LogP contribution is -2.06. The summed E-state index contributed by atoms with van der Waals surface area (Å²) in [7, 11) is 0. The second kappa shape index (κ2) is 5.14. The first-order valence-electron chi connectivity index (χ1n) is 4.65. The van der Waals surface area contributed by atoms with Gasteiger partial charge in [0.25, 0.3) is 0 Å². The molecule has 0 N–H and O–H groups in total. The highest BCUT2D eigenvalue weighted by molar-refractivity contribution is 5.87. The highest BCUT2D eigenvalue weighted by Gasteiger charge is 2.06. The second-order valence-corrected chi connectivity index (χ2v) is 3.04. The Morgan fingerprint density at radius 2 is 1.80 bits per heavy atom. The predicted octanol–water partition coefficient (Wildman–Crippen LogP) is 1.96. The van der Waals surface area contributed by atoms with Crippen molar-refractivity contribution < 1.29 is 19.4 Å². The molecule has 0 unspecified atom stereocenters. The molecule has 0 aliphatic heterocycles. The van der Waals surface area contributed by atoms with E-state index in [-0.39, 0.29) is 11.5 Å². The number of hydrogen-bond acceptors (Lipinski definition) is 3. The van der Waals surface area contributed by atoms with Crippen LogP contribution < -0.4 is 4.74 Å². The number of esters is 1. The highest BCUT2D eigenvalue weighted by Crippen LogP contribution is 2.13. The van der Waals surface area contributed by atoms with Crippen molar-refractivity contribution in [1.29, 1.82) is 0 Å². The molecule has 0 aliphatic carbocycles. The van der Waals surface area contributed by atoms with Gasteiger partial charge >= 0.3 is 11.9 Å². The Morgan fingerprint density at radius 1 is 1.20 bits per heavy atom. The third kappa shape index (κ3) is 3.42. The van der Waals surface area contributed by atoms with Gasteiger partial charge in [0.05, 0.1) is 5.56 Å². The average Bonchev–Trinajstić information content (AvgIpc) is 2.18. The zero-order valence-electron chi connectivity index (χ0n) is 8.36. The molecular weight excluding hydrogens is 196 g/mol. The standard InChI is InChI=1S/C11H11O4/c1-2-3-10(12)15-9-6-4-8(5-7-9)11(13)14/h4-7H,2-3H2,1H3. The van der Waals surface area contributed by atoms with Crippen LogP contribution in [0.25, 0.3) is 0 Å². The van der Waals surface area contributed by atoms with E-state index in [0.717, 1.165) is 6.42 Å². The number of carbonyl (C=O) groups is 2. The predicted molar refractivity (Wildman–Crippen MR) is 52.0 cm³/mol. The summed E-state index contributed by atoms with van der Waals surface area (Å²) in [5.74, 6) is -1.22. The van der Waals surface area contributed by atoms with E-state index in [0.29, 0.717) is 12.2 Å². The fourth-order valence-electron chi connectivity index (χ4n) is 1.05.